The zero-order valence-electron chi connectivity index (χ0n) is 11.1. The van der Waals surface area contributed by atoms with E-state index in [2.05, 4.69) is 25.2 Å². The Kier molecular flexibility index (Phi) is 3.57. The lowest BCUT2D eigenvalue weighted by molar-refractivity contribution is 0.349. The summed E-state index contributed by atoms with van der Waals surface area (Å²) in [5.41, 5.74) is 3.91. The van der Waals surface area contributed by atoms with Gasteiger partial charge in [-0.3, -0.25) is 0 Å². The summed E-state index contributed by atoms with van der Waals surface area (Å²) >= 11 is 0. The molecule has 0 bridgehead atoms. The van der Waals surface area contributed by atoms with Crippen molar-refractivity contribution in [3.05, 3.63) is 22.8 Å². The molecule has 3 nitrogen and oxygen atoms in total. The van der Waals surface area contributed by atoms with Crippen LogP contribution < -0.4 is 14.8 Å². The molecular formula is C14H21NO2. The van der Waals surface area contributed by atoms with Gasteiger partial charge in [0.05, 0.1) is 14.2 Å². The van der Waals surface area contributed by atoms with Gasteiger partial charge in [0, 0.05) is 18.0 Å². The maximum absolute atomic E-state index is 5.56. The summed E-state index contributed by atoms with van der Waals surface area (Å²) in [5.74, 6) is 2.29. The highest BCUT2D eigenvalue weighted by atomic mass is 16.5. The van der Waals surface area contributed by atoms with Crippen molar-refractivity contribution >= 4 is 0 Å². The quantitative estimate of drug-likeness (QED) is 0.872. The van der Waals surface area contributed by atoms with E-state index in [1.54, 1.807) is 14.2 Å². The van der Waals surface area contributed by atoms with Gasteiger partial charge in [-0.25, -0.2) is 0 Å². The molecule has 1 fully saturated rings. The molecule has 0 saturated carbocycles. The van der Waals surface area contributed by atoms with E-state index in [1.165, 1.54) is 23.1 Å². The molecule has 1 aliphatic heterocycles. The van der Waals surface area contributed by atoms with Crippen molar-refractivity contribution in [2.24, 2.45) is 0 Å². The van der Waals surface area contributed by atoms with E-state index in [0.29, 0.717) is 5.92 Å². The van der Waals surface area contributed by atoms with Crippen LogP contribution in [0.4, 0.5) is 0 Å². The molecule has 1 heterocycles. The van der Waals surface area contributed by atoms with Crippen LogP contribution in [-0.2, 0) is 0 Å². The maximum atomic E-state index is 5.56. The van der Waals surface area contributed by atoms with Crippen LogP contribution >= 0.6 is 0 Å². The fourth-order valence-electron chi connectivity index (χ4n) is 2.64. The fourth-order valence-corrected chi connectivity index (χ4v) is 2.64. The summed E-state index contributed by atoms with van der Waals surface area (Å²) in [6.45, 7) is 6.42. The Morgan fingerprint density at radius 3 is 2.53 bits per heavy atom. The summed E-state index contributed by atoms with van der Waals surface area (Å²) in [6, 6.07) is 2.06. The average Bonchev–Trinajstić information content (AvgIpc) is 2.85. The minimum absolute atomic E-state index is 0.541. The Hall–Kier alpha value is -1.22. The zero-order chi connectivity index (χ0) is 12.4. The monoisotopic (exact) mass is 235 g/mol. The van der Waals surface area contributed by atoms with E-state index in [4.69, 9.17) is 9.47 Å². The second-order valence-corrected chi connectivity index (χ2v) is 4.66. The third kappa shape index (κ3) is 2.12. The number of ether oxygens (including phenoxy) is 2. The third-order valence-electron chi connectivity index (χ3n) is 3.70. The Labute approximate surface area is 103 Å². The largest absolute Gasteiger partial charge is 0.493 e. The highest BCUT2D eigenvalue weighted by Crippen LogP contribution is 2.41. The van der Waals surface area contributed by atoms with E-state index < -0.39 is 0 Å². The summed E-state index contributed by atoms with van der Waals surface area (Å²) in [4.78, 5) is 0. The average molecular weight is 235 g/mol. The predicted molar refractivity (Wildman–Crippen MR) is 69.2 cm³/mol. The molecule has 0 radical (unpaired) electrons. The molecule has 3 heteroatoms. The molecule has 0 aromatic heterocycles. The zero-order valence-corrected chi connectivity index (χ0v) is 11.1. The van der Waals surface area contributed by atoms with E-state index in [9.17, 15) is 0 Å². The standard InChI is InChI=1S/C14H21NO2/c1-9-7-12(16-3)14(17-4)13(10(9)2)11-5-6-15-8-11/h7,11,15H,5-6,8H2,1-4H3. The van der Waals surface area contributed by atoms with Crippen LogP contribution in [0.3, 0.4) is 0 Å². The molecule has 0 spiro atoms. The summed E-state index contributed by atoms with van der Waals surface area (Å²) < 4.78 is 11.0. The predicted octanol–water partition coefficient (Wildman–Crippen LogP) is 2.40. The first kappa shape index (κ1) is 12.2. The number of rotatable bonds is 3. The first-order valence-corrected chi connectivity index (χ1v) is 6.11. The molecule has 1 aromatic carbocycles. The van der Waals surface area contributed by atoms with Crippen LogP contribution in [0.1, 0.15) is 29.0 Å². The lowest BCUT2D eigenvalue weighted by atomic mass is 9.90. The lowest BCUT2D eigenvalue weighted by Crippen LogP contribution is -2.11. The number of hydrogen-bond acceptors (Lipinski definition) is 3. The van der Waals surface area contributed by atoms with Crippen LogP contribution in [0.15, 0.2) is 6.07 Å². The van der Waals surface area contributed by atoms with Gasteiger partial charge in [-0.2, -0.15) is 0 Å². The minimum Gasteiger partial charge on any atom is -0.493 e. The topological polar surface area (TPSA) is 30.5 Å². The fraction of sp³-hybridized carbons (Fsp3) is 0.571. The van der Waals surface area contributed by atoms with Gasteiger partial charge < -0.3 is 14.8 Å². The van der Waals surface area contributed by atoms with Crippen molar-refractivity contribution < 1.29 is 9.47 Å². The molecule has 94 valence electrons. The van der Waals surface area contributed by atoms with E-state index in [-0.39, 0.29) is 0 Å². The highest BCUT2D eigenvalue weighted by Gasteiger charge is 2.25. The Bertz CT molecular complexity index is 409. The van der Waals surface area contributed by atoms with Gasteiger partial charge in [0.15, 0.2) is 11.5 Å². The van der Waals surface area contributed by atoms with Gasteiger partial charge >= 0.3 is 0 Å². The summed E-state index contributed by atoms with van der Waals surface area (Å²) in [7, 11) is 3.42. The Morgan fingerprint density at radius 2 is 2.00 bits per heavy atom. The summed E-state index contributed by atoms with van der Waals surface area (Å²) in [5, 5.41) is 3.41. The minimum atomic E-state index is 0.541. The van der Waals surface area contributed by atoms with Gasteiger partial charge in [-0.15, -0.1) is 0 Å². The molecule has 1 unspecified atom stereocenters. The number of benzene rings is 1. The van der Waals surface area contributed by atoms with Crippen LogP contribution in [0.2, 0.25) is 0 Å². The SMILES string of the molecule is COc1cc(C)c(C)c(C2CCNC2)c1OC. The van der Waals surface area contributed by atoms with Crippen molar-refractivity contribution in [2.75, 3.05) is 27.3 Å². The van der Waals surface area contributed by atoms with Gasteiger partial charge in [0.2, 0.25) is 0 Å². The van der Waals surface area contributed by atoms with E-state index in [0.717, 1.165) is 24.6 Å². The number of aryl methyl sites for hydroxylation is 1. The van der Waals surface area contributed by atoms with E-state index >= 15 is 0 Å². The second-order valence-electron chi connectivity index (χ2n) is 4.66. The molecule has 2 rings (SSSR count). The third-order valence-corrected chi connectivity index (χ3v) is 3.70. The van der Waals surface area contributed by atoms with Crippen molar-refractivity contribution in [2.45, 2.75) is 26.2 Å². The Balaban J connectivity index is 2.56. The van der Waals surface area contributed by atoms with Gasteiger partial charge in [0.1, 0.15) is 0 Å². The smallest absolute Gasteiger partial charge is 0.164 e. The van der Waals surface area contributed by atoms with E-state index in [1.807, 2.05) is 0 Å². The molecule has 0 amide bonds. The molecule has 17 heavy (non-hydrogen) atoms. The highest BCUT2D eigenvalue weighted by molar-refractivity contribution is 5.55. The van der Waals surface area contributed by atoms with Crippen molar-refractivity contribution in [3.63, 3.8) is 0 Å². The number of hydrogen-bond donors (Lipinski definition) is 1. The summed E-state index contributed by atoms with van der Waals surface area (Å²) in [6.07, 6.45) is 1.17. The Morgan fingerprint density at radius 1 is 1.24 bits per heavy atom. The molecule has 1 atom stereocenters. The van der Waals surface area contributed by atoms with Gasteiger partial charge in [-0.1, -0.05) is 0 Å². The molecule has 1 N–H and O–H groups in total. The van der Waals surface area contributed by atoms with Crippen LogP contribution in [0.25, 0.3) is 0 Å². The molecule has 1 aliphatic rings. The molecular weight excluding hydrogens is 214 g/mol. The first-order valence-electron chi connectivity index (χ1n) is 6.11. The lowest BCUT2D eigenvalue weighted by Gasteiger charge is -2.21. The van der Waals surface area contributed by atoms with Crippen molar-refractivity contribution in [1.82, 2.24) is 5.32 Å². The van der Waals surface area contributed by atoms with Crippen LogP contribution in [-0.4, -0.2) is 27.3 Å². The molecule has 1 aromatic rings. The van der Waals surface area contributed by atoms with Gasteiger partial charge in [0.25, 0.3) is 0 Å². The van der Waals surface area contributed by atoms with Crippen molar-refractivity contribution in [3.8, 4) is 11.5 Å². The first-order chi connectivity index (χ1) is 8.19. The number of nitrogens with one attached hydrogen (secondary N) is 1. The molecule has 1 saturated heterocycles. The molecule has 0 aliphatic carbocycles. The number of methoxy groups -OCH3 is 2. The van der Waals surface area contributed by atoms with Gasteiger partial charge in [-0.05, 0) is 44.0 Å². The normalized spacial score (nSPS) is 19.4. The van der Waals surface area contributed by atoms with Crippen molar-refractivity contribution in [1.29, 1.82) is 0 Å². The maximum Gasteiger partial charge on any atom is 0.164 e. The second kappa shape index (κ2) is 4.96. The van der Waals surface area contributed by atoms with Crippen LogP contribution in [0, 0.1) is 13.8 Å². The van der Waals surface area contributed by atoms with Crippen LogP contribution in [0.5, 0.6) is 11.5 Å².